The maximum Gasteiger partial charge on any atom is 0.407 e. The molecule has 0 saturated heterocycles. The van der Waals surface area contributed by atoms with E-state index >= 15 is 0 Å². The zero-order valence-electron chi connectivity index (χ0n) is 15.9. The summed E-state index contributed by atoms with van der Waals surface area (Å²) in [5, 5.41) is 12.7. The lowest BCUT2D eigenvalue weighted by Gasteiger charge is -2.25. The molecule has 1 unspecified atom stereocenters. The molecule has 1 aliphatic heterocycles. The largest absolute Gasteiger partial charge is 0.465 e. The number of anilines is 1. The number of benzene rings is 1. The number of fused-ring (bicyclic) bond motifs is 1. The number of hydrogen-bond acceptors (Lipinski definition) is 3. The van der Waals surface area contributed by atoms with E-state index in [1.165, 1.54) is 21.6 Å². The number of amides is 1. The molecule has 146 valence electrons. The fraction of sp³-hybridized carbons (Fsp3) is 0.364. The van der Waals surface area contributed by atoms with Gasteiger partial charge in [-0.1, -0.05) is 41.1 Å². The fourth-order valence-corrected chi connectivity index (χ4v) is 4.87. The van der Waals surface area contributed by atoms with Crippen LogP contribution in [0, 0.1) is 0 Å². The maximum atomic E-state index is 11.1. The van der Waals surface area contributed by atoms with Crippen LogP contribution in [0.15, 0.2) is 40.9 Å². The van der Waals surface area contributed by atoms with Crippen molar-refractivity contribution in [3.05, 3.63) is 63.3 Å². The molecule has 2 aliphatic rings. The second-order valence-corrected chi connectivity index (χ2v) is 8.15. The number of pyridine rings is 1. The molecule has 0 radical (unpaired) electrons. The molecule has 4 rings (SSSR count). The molecule has 1 aromatic heterocycles. The van der Waals surface area contributed by atoms with Crippen LogP contribution in [-0.2, 0) is 12.8 Å². The first-order valence-corrected chi connectivity index (χ1v) is 10.6. The van der Waals surface area contributed by atoms with Crippen molar-refractivity contribution in [3.8, 4) is 0 Å². The number of aromatic nitrogens is 1. The van der Waals surface area contributed by atoms with Crippen LogP contribution in [-0.4, -0.2) is 34.2 Å². The van der Waals surface area contributed by atoms with Crippen molar-refractivity contribution in [2.45, 2.75) is 38.6 Å². The highest BCUT2D eigenvalue weighted by atomic mass is 79.9. The summed E-state index contributed by atoms with van der Waals surface area (Å²) < 4.78 is 1.16. The SMILES string of the molecule is CCc1nc(NC2CCc3cccc(Br)c32)ccc1C1=CCN(C(=O)O)CC1. The Morgan fingerprint density at radius 3 is 2.89 bits per heavy atom. The van der Waals surface area contributed by atoms with Crippen LogP contribution in [0.3, 0.4) is 0 Å². The van der Waals surface area contributed by atoms with E-state index in [1.807, 2.05) is 12.1 Å². The average molecular weight is 442 g/mol. The van der Waals surface area contributed by atoms with Crippen molar-refractivity contribution in [2.24, 2.45) is 0 Å². The minimum absolute atomic E-state index is 0.270. The highest BCUT2D eigenvalue weighted by molar-refractivity contribution is 9.10. The first kappa shape index (κ1) is 19.0. The van der Waals surface area contributed by atoms with Crippen molar-refractivity contribution in [1.29, 1.82) is 0 Å². The van der Waals surface area contributed by atoms with Crippen molar-refractivity contribution in [3.63, 3.8) is 0 Å². The van der Waals surface area contributed by atoms with Gasteiger partial charge >= 0.3 is 6.09 Å². The van der Waals surface area contributed by atoms with E-state index in [4.69, 9.17) is 10.1 Å². The highest BCUT2D eigenvalue weighted by Gasteiger charge is 2.25. The van der Waals surface area contributed by atoms with E-state index in [2.05, 4.69) is 52.4 Å². The minimum Gasteiger partial charge on any atom is -0.465 e. The molecule has 1 atom stereocenters. The second kappa shape index (κ2) is 7.95. The normalized spacial score (nSPS) is 18.6. The summed E-state index contributed by atoms with van der Waals surface area (Å²) in [7, 11) is 0. The van der Waals surface area contributed by atoms with Crippen LogP contribution in [0.4, 0.5) is 10.6 Å². The van der Waals surface area contributed by atoms with Gasteiger partial charge in [0.15, 0.2) is 0 Å². The lowest BCUT2D eigenvalue weighted by Crippen LogP contribution is -2.33. The minimum atomic E-state index is -0.855. The van der Waals surface area contributed by atoms with Crippen molar-refractivity contribution >= 4 is 33.4 Å². The van der Waals surface area contributed by atoms with E-state index in [9.17, 15) is 4.79 Å². The Morgan fingerprint density at radius 2 is 2.18 bits per heavy atom. The Hall–Kier alpha value is -2.34. The number of carbonyl (C=O) groups is 1. The van der Waals surface area contributed by atoms with Gasteiger partial charge in [-0.25, -0.2) is 9.78 Å². The molecule has 1 amide bonds. The van der Waals surface area contributed by atoms with Crippen LogP contribution in [0.5, 0.6) is 0 Å². The first-order valence-electron chi connectivity index (χ1n) is 9.77. The predicted octanol–water partition coefficient (Wildman–Crippen LogP) is 5.27. The lowest BCUT2D eigenvalue weighted by molar-refractivity contribution is 0.150. The van der Waals surface area contributed by atoms with E-state index in [1.54, 1.807) is 0 Å². The zero-order valence-corrected chi connectivity index (χ0v) is 17.5. The molecule has 1 aliphatic carbocycles. The summed E-state index contributed by atoms with van der Waals surface area (Å²) in [6, 6.07) is 10.8. The van der Waals surface area contributed by atoms with Crippen LogP contribution < -0.4 is 5.32 Å². The fourth-order valence-electron chi connectivity index (χ4n) is 4.19. The molecule has 6 heteroatoms. The molecule has 28 heavy (non-hydrogen) atoms. The average Bonchev–Trinajstić information content (AvgIpc) is 3.12. The summed E-state index contributed by atoms with van der Waals surface area (Å²) in [6.45, 7) is 3.10. The van der Waals surface area contributed by atoms with Crippen molar-refractivity contribution in [1.82, 2.24) is 9.88 Å². The molecule has 2 N–H and O–H groups in total. The monoisotopic (exact) mass is 441 g/mol. The predicted molar refractivity (Wildman–Crippen MR) is 115 cm³/mol. The molecular weight excluding hydrogens is 418 g/mol. The molecule has 2 aromatic rings. The van der Waals surface area contributed by atoms with Crippen LogP contribution >= 0.6 is 15.9 Å². The molecule has 2 heterocycles. The van der Waals surface area contributed by atoms with E-state index in [0.29, 0.717) is 13.1 Å². The lowest BCUT2D eigenvalue weighted by atomic mass is 9.97. The molecule has 0 saturated carbocycles. The van der Waals surface area contributed by atoms with Gasteiger partial charge in [0.05, 0.1) is 11.7 Å². The number of halogens is 1. The summed E-state index contributed by atoms with van der Waals surface area (Å²) in [5.74, 6) is 0.901. The summed E-state index contributed by atoms with van der Waals surface area (Å²) in [5.41, 5.74) is 6.14. The van der Waals surface area contributed by atoms with E-state index in [0.717, 1.165) is 47.2 Å². The smallest absolute Gasteiger partial charge is 0.407 e. The van der Waals surface area contributed by atoms with Gasteiger partial charge in [0, 0.05) is 17.6 Å². The molecule has 0 fully saturated rings. The number of carboxylic acid groups (broad SMARTS) is 1. The third-order valence-electron chi connectivity index (χ3n) is 5.65. The van der Waals surface area contributed by atoms with E-state index < -0.39 is 6.09 Å². The van der Waals surface area contributed by atoms with Crippen LogP contribution in [0.1, 0.15) is 48.2 Å². The van der Waals surface area contributed by atoms with Crippen LogP contribution in [0.25, 0.3) is 5.57 Å². The first-order chi connectivity index (χ1) is 13.6. The van der Waals surface area contributed by atoms with Crippen molar-refractivity contribution in [2.75, 3.05) is 18.4 Å². The zero-order chi connectivity index (χ0) is 19.7. The second-order valence-electron chi connectivity index (χ2n) is 7.30. The number of aryl methyl sites for hydroxylation is 2. The number of nitrogens with zero attached hydrogens (tertiary/aromatic N) is 2. The van der Waals surface area contributed by atoms with Crippen molar-refractivity contribution < 1.29 is 9.90 Å². The number of hydrogen-bond donors (Lipinski definition) is 2. The number of nitrogens with one attached hydrogen (secondary N) is 1. The quantitative estimate of drug-likeness (QED) is 0.677. The molecule has 1 aromatic carbocycles. The molecule has 5 nitrogen and oxygen atoms in total. The van der Waals surface area contributed by atoms with Gasteiger partial charge in [-0.3, -0.25) is 0 Å². The van der Waals surface area contributed by atoms with E-state index in [-0.39, 0.29) is 6.04 Å². The molecule has 0 bridgehead atoms. The van der Waals surface area contributed by atoms with Gasteiger partial charge < -0.3 is 15.3 Å². The third kappa shape index (κ3) is 3.65. The summed E-state index contributed by atoms with van der Waals surface area (Å²) in [6.07, 6.45) is 4.89. The Kier molecular flexibility index (Phi) is 5.40. The Balaban J connectivity index is 1.55. The summed E-state index contributed by atoms with van der Waals surface area (Å²) in [4.78, 5) is 17.4. The Morgan fingerprint density at radius 1 is 1.32 bits per heavy atom. The standard InChI is InChI=1S/C22H24BrN3O2/c1-2-18-16(14-10-12-26(13-11-14)22(27)28)7-9-20(24-18)25-19-8-6-15-4-3-5-17(23)21(15)19/h3-5,7,9-10,19H,2,6,8,11-13H2,1H3,(H,24,25)(H,27,28). The molecule has 0 spiro atoms. The van der Waals surface area contributed by atoms with Gasteiger partial charge in [-0.2, -0.15) is 0 Å². The highest BCUT2D eigenvalue weighted by Crippen LogP contribution is 2.38. The number of rotatable bonds is 4. The van der Waals surface area contributed by atoms with Crippen LogP contribution in [0.2, 0.25) is 0 Å². The van der Waals surface area contributed by atoms with Gasteiger partial charge in [0.1, 0.15) is 5.82 Å². The van der Waals surface area contributed by atoms with Gasteiger partial charge in [-0.15, -0.1) is 0 Å². The maximum absolute atomic E-state index is 11.1. The Bertz CT molecular complexity index is 941. The third-order valence-corrected chi connectivity index (χ3v) is 6.34. The van der Waals surface area contributed by atoms with Gasteiger partial charge in [0.2, 0.25) is 0 Å². The topological polar surface area (TPSA) is 65.5 Å². The molecular formula is C22H24BrN3O2. The van der Waals surface area contributed by atoms with Gasteiger partial charge in [-0.05, 0) is 66.1 Å². The summed E-state index contributed by atoms with van der Waals surface area (Å²) >= 11 is 3.69. The Labute approximate surface area is 173 Å². The van der Waals surface area contributed by atoms with Gasteiger partial charge in [0.25, 0.3) is 0 Å².